The number of benzene rings is 1. The number of methoxy groups -OCH3 is 1. The van der Waals surface area contributed by atoms with E-state index in [1.54, 1.807) is 19.3 Å². The molecule has 0 unspecified atom stereocenters. The van der Waals surface area contributed by atoms with Crippen molar-refractivity contribution < 1.29 is 13.3 Å². The molecule has 0 saturated heterocycles. The largest absolute Gasteiger partial charge is 0.491 e. The van der Waals surface area contributed by atoms with Crippen LogP contribution < -0.4 is 10.3 Å². The van der Waals surface area contributed by atoms with Crippen molar-refractivity contribution in [1.82, 2.24) is 13.9 Å². The Morgan fingerprint density at radius 2 is 2.07 bits per heavy atom. The molecular weight excluding hydrogens is 410 g/mol. The van der Waals surface area contributed by atoms with Crippen LogP contribution in [0.25, 0.3) is 22.2 Å². The van der Waals surface area contributed by atoms with Crippen molar-refractivity contribution in [2.75, 3.05) is 21.2 Å². The predicted molar refractivity (Wildman–Crippen MR) is 120 cm³/mol. The van der Waals surface area contributed by atoms with E-state index in [-0.39, 0.29) is 19.1 Å². The Hall–Kier alpha value is -1.94. The molecule has 7 nitrogen and oxygen atoms in total. The number of aryl methyl sites for hydroxylation is 1. The van der Waals surface area contributed by atoms with Gasteiger partial charge in [0.1, 0.15) is 5.52 Å². The zero-order valence-corrected chi connectivity index (χ0v) is 18.7. The summed E-state index contributed by atoms with van der Waals surface area (Å²) >= 11 is 1.29. The van der Waals surface area contributed by atoms with Crippen LogP contribution in [0.3, 0.4) is 0 Å². The molecule has 1 aliphatic carbocycles. The highest BCUT2D eigenvalue weighted by atomic mass is 32.2. The highest BCUT2D eigenvalue weighted by Crippen LogP contribution is 2.42. The smallest absolute Gasteiger partial charge is 0.292 e. The molecule has 0 amide bonds. The highest BCUT2D eigenvalue weighted by Gasteiger charge is 2.29. The minimum Gasteiger partial charge on any atom is -0.491 e. The van der Waals surface area contributed by atoms with Gasteiger partial charge in [-0.1, -0.05) is 0 Å². The summed E-state index contributed by atoms with van der Waals surface area (Å²) < 4.78 is 20.5. The average Bonchev–Trinajstić information content (AvgIpc) is 3.42. The summed E-state index contributed by atoms with van der Waals surface area (Å²) in [6.45, 7) is 0.431. The van der Waals surface area contributed by atoms with Crippen molar-refractivity contribution in [3.05, 3.63) is 46.2 Å². The molecule has 0 N–H and O–H groups in total. The zero-order valence-electron chi connectivity index (χ0n) is 16.9. The first kappa shape index (κ1) is 21.8. The lowest BCUT2D eigenvalue weighted by Gasteiger charge is -2.11. The van der Waals surface area contributed by atoms with Crippen molar-refractivity contribution in [2.24, 2.45) is 7.05 Å². The van der Waals surface area contributed by atoms with E-state index >= 15 is 0 Å². The van der Waals surface area contributed by atoms with E-state index in [1.807, 2.05) is 30.5 Å². The lowest BCUT2D eigenvalue weighted by molar-refractivity contribution is 0.346. The molecule has 9 heteroatoms. The number of nitrogens with zero attached hydrogens (tertiary/aromatic N) is 3. The summed E-state index contributed by atoms with van der Waals surface area (Å²) in [7, 11) is 7.06. The average molecular weight is 436 g/mol. The van der Waals surface area contributed by atoms with E-state index in [4.69, 9.17) is 18.3 Å². The van der Waals surface area contributed by atoms with Crippen LogP contribution in [0.4, 0.5) is 0 Å². The first-order chi connectivity index (χ1) is 13.5. The topological polar surface area (TPSA) is 69.7 Å². The molecule has 1 fully saturated rings. The predicted octanol–water partition coefficient (Wildman–Crippen LogP) is 3.83. The summed E-state index contributed by atoms with van der Waals surface area (Å²) in [5, 5.41) is 0. The number of hydrogen-bond acceptors (Lipinski definition) is 7. The fourth-order valence-electron chi connectivity index (χ4n) is 3.09. The van der Waals surface area contributed by atoms with Gasteiger partial charge in [0.05, 0.1) is 25.9 Å². The summed E-state index contributed by atoms with van der Waals surface area (Å²) in [5.74, 6) is 1.49. The molecule has 1 aromatic carbocycles. The second-order valence-corrected chi connectivity index (χ2v) is 8.30. The van der Waals surface area contributed by atoms with Gasteiger partial charge in [0.15, 0.2) is 17.2 Å². The molecule has 0 bridgehead atoms. The normalized spacial score (nSPS) is 13.7. The number of aromatic nitrogens is 2. The molecule has 1 saturated carbocycles. The van der Waals surface area contributed by atoms with E-state index in [1.165, 1.54) is 23.9 Å². The molecule has 1 aliphatic rings. The number of rotatable bonds is 7. The van der Waals surface area contributed by atoms with Gasteiger partial charge in [0.25, 0.3) is 5.56 Å². The molecule has 29 heavy (non-hydrogen) atoms. The van der Waals surface area contributed by atoms with Crippen molar-refractivity contribution in [3.8, 4) is 16.9 Å². The first-order valence-corrected chi connectivity index (χ1v) is 9.81. The molecule has 0 atom stereocenters. The molecule has 0 radical (unpaired) electrons. The fourth-order valence-corrected chi connectivity index (χ4v) is 3.49. The van der Waals surface area contributed by atoms with Gasteiger partial charge in [0.2, 0.25) is 0 Å². The number of oxazole rings is 1. The third-order valence-electron chi connectivity index (χ3n) is 4.60. The van der Waals surface area contributed by atoms with Crippen molar-refractivity contribution >= 4 is 36.8 Å². The van der Waals surface area contributed by atoms with Gasteiger partial charge in [-0.05, 0) is 50.7 Å². The van der Waals surface area contributed by atoms with E-state index in [9.17, 15) is 4.79 Å². The second kappa shape index (κ2) is 8.83. The Kier molecular flexibility index (Phi) is 6.62. The van der Waals surface area contributed by atoms with E-state index in [2.05, 4.69) is 0 Å². The Bertz CT molecular complexity index is 1070. The van der Waals surface area contributed by atoms with E-state index in [0.717, 1.165) is 46.5 Å². The van der Waals surface area contributed by atoms with Crippen molar-refractivity contribution in [3.63, 3.8) is 0 Å². The van der Waals surface area contributed by atoms with Crippen LogP contribution in [0.1, 0.15) is 30.2 Å². The van der Waals surface area contributed by atoms with Crippen LogP contribution >= 0.6 is 25.7 Å². The summed E-state index contributed by atoms with van der Waals surface area (Å²) in [4.78, 5) is 16.9. The van der Waals surface area contributed by atoms with Crippen molar-refractivity contribution in [2.45, 2.75) is 25.4 Å². The third kappa shape index (κ3) is 4.63. The van der Waals surface area contributed by atoms with Crippen LogP contribution in [0.5, 0.6) is 5.75 Å². The number of hydrogen-bond donors (Lipinski definition) is 0. The van der Waals surface area contributed by atoms with Gasteiger partial charge in [-0.15, -0.1) is 0 Å². The Morgan fingerprint density at radius 1 is 1.31 bits per heavy atom. The molecule has 3 aromatic rings. The molecular formula is C20H25N3O4S2. The summed E-state index contributed by atoms with van der Waals surface area (Å²) in [5.41, 5.74) is 4.05. The number of pyridine rings is 1. The lowest BCUT2D eigenvalue weighted by Crippen LogP contribution is -2.17. The van der Waals surface area contributed by atoms with Gasteiger partial charge in [-0.2, -0.15) is 13.5 Å². The van der Waals surface area contributed by atoms with Gasteiger partial charge < -0.3 is 13.7 Å². The lowest BCUT2D eigenvalue weighted by atomic mass is 10.0. The van der Waals surface area contributed by atoms with Crippen LogP contribution in [-0.2, 0) is 17.8 Å². The van der Waals surface area contributed by atoms with Gasteiger partial charge in [0, 0.05) is 30.3 Å². The Balaban J connectivity index is 0.00000240. The quantitative estimate of drug-likeness (QED) is 0.413. The van der Waals surface area contributed by atoms with Crippen LogP contribution in [0.2, 0.25) is 0 Å². The van der Waals surface area contributed by atoms with Crippen LogP contribution in [0.15, 0.2) is 33.6 Å². The summed E-state index contributed by atoms with van der Waals surface area (Å²) in [6.07, 6.45) is 4.02. The minimum atomic E-state index is -0.180. The maximum absolute atomic E-state index is 12.2. The van der Waals surface area contributed by atoms with Crippen molar-refractivity contribution in [1.29, 1.82) is 0 Å². The molecule has 4 rings (SSSR count). The Morgan fingerprint density at radius 3 is 2.72 bits per heavy atom. The van der Waals surface area contributed by atoms with Gasteiger partial charge >= 0.3 is 0 Å². The fraction of sp³-hybridized carbons (Fsp3) is 0.400. The molecule has 0 spiro atoms. The summed E-state index contributed by atoms with van der Waals surface area (Å²) in [6, 6.07) is 5.78. The highest BCUT2D eigenvalue weighted by molar-refractivity contribution is 7.92. The molecule has 2 heterocycles. The maximum atomic E-state index is 12.2. The Labute approximate surface area is 180 Å². The first-order valence-electron chi connectivity index (χ1n) is 9.11. The molecule has 156 valence electrons. The standard InChI is InChI=1S/C20H23N3O4S.H2S/c1-22(2)28-26-11-12-7-15(14-9-17(25-4)20(24)23(3)10-14)18-16(8-12)21-19(27-18)13-5-6-13;/h7-10,13H,5-6,11H2,1-4H3;1H2. The van der Waals surface area contributed by atoms with E-state index in [0.29, 0.717) is 18.3 Å². The molecule has 0 aliphatic heterocycles. The molecule has 2 aromatic heterocycles. The minimum absolute atomic E-state index is 0. The zero-order chi connectivity index (χ0) is 19.8. The van der Waals surface area contributed by atoms with Crippen LogP contribution in [-0.4, -0.2) is 35.1 Å². The monoisotopic (exact) mass is 435 g/mol. The van der Waals surface area contributed by atoms with Gasteiger partial charge in [-0.3, -0.25) is 8.98 Å². The number of fused-ring (bicyclic) bond motifs is 1. The maximum Gasteiger partial charge on any atom is 0.292 e. The van der Waals surface area contributed by atoms with E-state index < -0.39 is 0 Å². The van der Waals surface area contributed by atoms with Crippen LogP contribution in [0, 0.1) is 0 Å². The third-order valence-corrected chi connectivity index (χ3v) is 5.12. The number of ether oxygens (including phenoxy) is 1. The SMILES string of the molecule is COc1cc(-c2cc(COSN(C)C)cc3nc(C4CC4)oc23)cn(C)c1=O.S. The van der Waals surface area contributed by atoms with Gasteiger partial charge in [-0.25, -0.2) is 9.29 Å². The second-order valence-electron chi connectivity index (χ2n) is 7.18.